The maximum atomic E-state index is 5.82. The van der Waals surface area contributed by atoms with Crippen LogP contribution in [-0.2, 0) is 5.41 Å². The Morgan fingerprint density at radius 3 is 2.75 bits per heavy atom. The highest BCUT2D eigenvalue weighted by Gasteiger charge is 2.47. The fourth-order valence-electron chi connectivity index (χ4n) is 3.22. The van der Waals surface area contributed by atoms with Gasteiger partial charge in [0.05, 0.1) is 0 Å². The highest BCUT2D eigenvalue weighted by Crippen LogP contribution is 2.52. The van der Waals surface area contributed by atoms with E-state index in [1.54, 1.807) is 5.56 Å². The number of benzene rings is 1. The van der Waals surface area contributed by atoms with Gasteiger partial charge in [0.1, 0.15) is 0 Å². The average molecular weight is 216 g/mol. The second-order valence-electron chi connectivity index (χ2n) is 5.36. The van der Waals surface area contributed by atoms with E-state index in [1.165, 1.54) is 31.5 Å². The van der Waals surface area contributed by atoms with E-state index in [9.17, 15) is 0 Å². The van der Waals surface area contributed by atoms with E-state index in [0.717, 1.165) is 6.54 Å². The van der Waals surface area contributed by atoms with Crippen molar-refractivity contribution in [3.63, 3.8) is 0 Å². The Labute approximate surface area is 97.4 Å². The van der Waals surface area contributed by atoms with Gasteiger partial charge in [-0.2, -0.15) is 0 Å². The summed E-state index contributed by atoms with van der Waals surface area (Å²) in [6.45, 7) is 4.16. The fraction of sp³-hybridized carbons (Fsp3) is 0.571. The van der Waals surface area contributed by atoms with Gasteiger partial charge in [0.15, 0.2) is 0 Å². The van der Waals surface area contributed by atoms with Gasteiger partial charge < -0.3 is 10.6 Å². The predicted molar refractivity (Wildman–Crippen MR) is 67.8 cm³/mol. The van der Waals surface area contributed by atoms with E-state index in [0.29, 0.717) is 11.5 Å². The van der Waals surface area contributed by atoms with Gasteiger partial charge in [0.2, 0.25) is 0 Å². The second-order valence-corrected chi connectivity index (χ2v) is 5.36. The molecular weight excluding hydrogens is 196 g/mol. The van der Waals surface area contributed by atoms with Crippen LogP contribution in [0.15, 0.2) is 24.3 Å². The standard InChI is InChI=1S/C14H20N2/c1-11(9-15)16-10-14(7-4-8-14)12-5-2-3-6-13(12)16/h2-3,5-6,11H,4,7-10,15H2,1H3. The largest absolute Gasteiger partial charge is 0.366 e. The molecule has 0 saturated heterocycles. The zero-order valence-corrected chi connectivity index (χ0v) is 9.95. The molecule has 86 valence electrons. The molecule has 1 heterocycles. The van der Waals surface area contributed by atoms with Gasteiger partial charge in [-0.3, -0.25) is 0 Å². The molecular formula is C14H20N2. The normalized spacial score (nSPS) is 23.0. The lowest BCUT2D eigenvalue weighted by atomic mass is 9.66. The molecule has 2 heteroatoms. The van der Waals surface area contributed by atoms with E-state index < -0.39 is 0 Å². The van der Waals surface area contributed by atoms with Gasteiger partial charge >= 0.3 is 0 Å². The van der Waals surface area contributed by atoms with E-state index >= 15 is 0 Å². The molecule has 3 rings (SSSR count). The Balaban J connectivity index is 2.02. The van der Waals surface area contributed by atoms with Crippen molar-refractivity contribution >= 4 is 5.69 Å². The summed E-state index contributed by atoms with van der Waals surface area (Å²) in [6, 6.07) is 9.36. The van der Waals surface area contributed by atoms with Crippen LogP contribution in [0.4, 0.5) is 5.69 Å². The van der Waals surface area contributed by atoms with Crippen molar-refractivity contribution in [2.24, 2.45) is 5.73 Å². The number of nitrogens with zero attached hydrogens (tertiary/aromatic N) is 1. The molecule has 2 aliphatic rings. The summed E-state index contributed by atoms with van der Waals surface area (Å²) in [4.78, 5) is 2.51. The molecule has 1 aliphatic carbocycles. The topological polar surface area (TPSA) is 29.3 Å². The number of fused-ring (bicyclic) bond motifs is 2. The van der Waals surface area contributed by atoms with Crippen LogP contribution in [0.3, 0.4) is 0 Å². The van der Waals surface area contributed by atoms with Crippen LogP contribution in [0.25, 0.3) is 0 Å². The third-order valence-corrected chi connectivity index (χ3v) is 4.44. The molecule has 1 aliphatic heterocycles. The molecule has 1 spiro atoms. The maximum Gasteiger partial charge on any atom is 0.0408 e. The van der Waals surface area contributed by atoms with Gasteiger partial charge in [0, 0.05) is 30.2 Å². The highest BCUT2D eigenvalue weighted by molar-refractivity contribution is 5.64. The Morgan fingerprint density at radius 2 is 2.12 bits per heavy atom. The molecule has 1 unspecified atom stereocenters. The van der Waals surface area contributed by atoms with E-state index in [-0.39, 0.29) is 0 Å². The van der Waals surface area contributed by atoms with Crippen LogP contribution in [0.2, 0.25) is 0 Å². The summed E-state index contributed by atoms with van der Waals surface area (Å²) in [6.07, 6.45) is 4.11. The summed E-state index contributed by atoms with van der Waals surface area (Å²) < 4.78 is 0. The Kier molecular flexibility index (Phi) is 2.21. The summed E-state index contributed by atoms with van der Waals surface area (Å²) in [5.74, 6) is 0. The van der Waals surface area contributed by atoms with Gasteiger partial charge in [-0.25, -0.2) is 0 Å². The number of anilines is 1. The first-order chi connectivity index (χ1) is 7.77. The van der Waals surface area contributed by atoms with Gasteiger partial charge in [0.25, 0.3) is 0 Å². The van der Waals surface area contributed by atoms with E-state index in [1.807, 2.05) is 0 Å². The van der Waals surface area contributed by atoms with Crippen molar-refractivity contribution in [2.45, 2.75) is 37.6 Å². The molecule has 16 heavy (non-hydrogen) atoms. The van der Waals surface area contributed by atoms with Crippen LogP contribution in [0.1, 0.15) is 31.7 Å². The molecule has 0 bridgehead atoms. The lowest BCUT2D eigenvalue weighted by Gasteiger charge is -2.40. The molecule has 1 fully saturated rings. The lowest BCUT2D eigenvalue weighted by Crippen LogP contribution is -2.44. The number of hydrogen-bond donors (Lipinski definition) is 1. The zero-order chi connectivity index (χ0) is 11.2. The Bertz CT molecular complexity index is 395. The molecule has 0 aromatic heterocycles. The van der Waals surface area contributed by atoms with Crippen molar-refractivity contribution in [2.75, 3.05) is 18.0 Å². The smallest absolute Gasteiger partial charge is 0.0408 e. The maximum absolute atomic E-state index is 5.82. The van der Waals surface area contributed by atoms with Crippen LogP contribution >= 0.6 is 0 Å². The van der Waals surface area contributed by atoms with Gasteiger partial charge in [-0.15, -0.1) is 0 Å². The van der Waals surface area contributed by atoms with Crippen molar-refractivity contribution in [1.82, 2.24) is 0 Å². The fourth-order valence-corrected chi connectivity index (χ4v) is 3.22. The number of para-hydroxylation sites is 1. The third-order valence-electron chi connectivity index (χ3n) is 4.44. The summed E-state index contributed by atoms with van der Waals surface area (Å²) >= 11 is 0. The summed E-state index contributed by atoms with van der Waals surface area (Å²) in [5.41, 5.74) is 9.29. The molecule has 1 atom stereocenters. The first-order valence-corrected chi connectivity index (χ1v) is 6.33. The monoisotopic (exact) mass is 216 g/mol. The van der Waals surface area contributed by atoms with Gasteiger partial charge in [-0.1, -0.05) is 24.6 Å². The van der Waals surface area contributed by atoms with Crippen molar-refractivity contribution < 1.29 is 0 Å². The molecule has 1 aromatic carbocycles. The lowest BCUT2D eigenvalue weighted by molar-refractivity contribution is 0.260. The molecule has 2 nitrogen and oxygen atoms in total. The van der Waals surface area contributed by atoms with Crippen molar-refractivity contribution in [3.05, 3.63) is 29.8 Å². The second kappa shape index (κ2) is 3.49. The highest BCUT2D eigenvalue weighted by atomic mass is 15.2. The zero-order valence-electron chi connectivity index (χ0n) is 9.95. The minimum Gasteiger partial charge on any atom is -0.366 e. The van der Waals surface area contributed by atoms with E-state index in [4.69, 9.17) is 5.73 Å². The first kappa shape index (κ1) is 10.2. The van der Waals surface area contributed by atoms with Gasteiger partial charge in [-0.05, 0) is 31.4 Å². The van der Waals surface area contributed by atoms with Crippen LogP contribution in [-0.4, -0.2) is 19.1 Å². The van der Waals surface area contributed by atoms with E-state index in [2.05, 4.69) is 36.1 Å². The van der Waals surface area contributed by atoms with Crippen molar-refractivity contribution in [1.29, 1.82) is 0 Å². The molecule has 0 radical (unpaired) electrons. The van der Waals surface area contributed by atoms with Crippen LogP contribution in [0, 0.1) is 0 Å². The minimum atomic E-state index is 0.459. The quantitative estimate of drug-likeness (QED) is 0.821. The minimum absolute atomic E-state index is 0.459. The summed E-state index contributed by atoms with van der Waals surface area (Å²) in [7, 11) is 0. The van der Waals surface area contributed by atoms with Crippen LogP contribution < -0.4 is 10.6 Å². The average Bonchev–Trinajstić information content (AvgIpc) is 2.63. The number of nitrogens with two attached hydrogens (primary N) is 1. The van der Waals surface area contributed by atoms with Crippen molar-refractivity contribution in [3.8, 4) is 0 Å². The molecule has 1 aromatic rings. The summed E-state index contributed by atoms with van der Waals surface area (Å²) in [5, 5.41) is 0. The molecule has 1 saturated carbocycles. The third kappa shape index (κ3) is 1.23. The first-order valence-electron chi connectivity index (χ1n) is 6.33. The SMILES string of the molecule is CC(CN)N1CC2(CCC2)c2ccccc21. The Morgan fingerprint density at radius 1 is 1.38 bits per heavy atom. The number of rotatable bonds is 2. The number of hydrogen-bond acceptors (Lipinski definition) is 2. The van der Waals surface area contributed by atoms with Crippen LogP contribution in [0.5, 0.6) is 0 Å². The predicted octanol–water partition coefficient (Wildman–Crippen LogP) is 2.28. The Hall–Kier alpha value is -1.02. The molecule has 0 amide bonds. The molecule has 2 N–H and O–H groups in total.